The normalized spacial score (nSPS) is 10.1. The summed E-state index contributed by atoms with van der Waals surface area (Å²) in [4.78, 5) is 23.5. The van der Waals surface area contributed by atoms with Crippen molar-refractivity contribution in [2.45, 2.75) is 13.8 Å². The minimum Gasteiger partial charge on any atom is -0.462 e. The van der Waals surface area contributed by atoms with E-state index < -0.39 is 0 Å². The molecule has 0 aliphatic heterocycles. The van der Waals surface area contributed by atoms with Gasteiger partial charge in [0, 0.05) is 11.1 Å². The minimum absolute atomic E-state index is 0.208. The Morgan fingerprint density at radius 2 is 2.00 bits per heavy atom. The summed E-state index contributed by atoms with van der Waals surface area (Å²) in [6.45, 7) is 3.88. The van der Waals surface area contributed by atoms with Gasteiger partial charge >= 0.3 is 5.97 Å². The molecule has 0 fully saturated rings. The molecule has 0 saturated carbocycles. The third kappa shape index (κ3) is 3.21. The van der Waals surface area contributed by atoms with E-state index in [-0.39, 0.29) is 11.9 Å². The van der Waals surface area contributed by atoms with Crippen molar-refractivity contribution in [3.8, 4) is 0 Å². The summed E-state index contributed by atoms with van der Waals surface area (Å²) < 4.78 is 8.95. The molecule has 0 aliphatic rings. The molecule has 1 heterocycles. The van der Waals surface area contributed by atoms with Crippen molar-refractivity contribution in [2.24, 2.45) is 0 Å². The summed E-state index contributed by atoms with van der Waals surface area (Å²) in [5.41, 5.74) is 2.34. The Balaban J connectivity index is 2.06. The van der Waals surface area contributed by atoms with Crippen molar-refractivity contribution in [3.63, 3.8) is 0 Å². The fourth-order valence-corrected chi connectivity index (χ4v) is 2.31. The Kier molecular flexibility index (Phi) is 4.47. The van der Waals surface area contributed by atoms with E-state index in [9.17, 15) is 9.59 Å². The molecule has 5 nitrogen and oxygen atoms in total. The van der Waals surface area contributed by atoms with Crippen molar-refractivity contribution in [1.82, 2.24) is 4.37 Å². The number of aromatic nitrogens is 1. The van der Waals surface area contributed by atoms with Gasteiger partial charge in [0.25, 0.3) is 5.91 Å². The van der Waals surface area contributed by atoms with E-state index in [4.69, 9.17) is 4.74 Å². The molecule has 20 heavy (non-hydrogen) atoms. The second-order valence-corrected chi connectivity index (χ2v) is 4.69. The molecule has 0 spiro atoms. The summed E-state index contributed by atoms with van der Waals surface area (Å²) in [5, 5.41) is 4.46. The number of amides is 1. The molecular formula is C14H14N2O3S. The number of esters is 1. The summed E-state index contributed by atoms with van der Waals surface area (Å²) >= 11 is 1.24. The number of aryl methyl sites for hydroxylation is 1. The van der Waals surface area contributed by atoms with Gasteiger partial charge in [0.05, 0.1) is 23.4 Å². The van der Waals surface area contributed by atoms with E-state index in [0.717, 1.165) is 0 Å². The summed E-state index contributed by atoms with van der Waals surface area (Å²) in [7, 11) is 0. The lowest BCUT2D eigenvalue weighted by molar-refractivity contribution is 0.0526. The molecule has 1 aromatic heterocycles. The first-order valence-corrected chi connectivity index (χ1v) is 6.95. The number of hydrogen-bond acceptors (Lipinski definition) is 5. The fourth-order valence-electron chi connectivity index (χ4n) is 1.61. The summed E-state index contributed by atoms with van der Waals surface area (Å²) in [5.74, 6) is -0.580. The van der Waals surface area contributed by atoms with Gasteiger partial charge in [0.15, 0.2) is 0 Å². The summed E-state index contributed by atoms with van der Waals surface area (Å²) in [6, 6.07) is 6.57. The number of hydrogen-bond donors (Lipinski definition) is 1. The maximum absolute atomic E-state index is 12.0. The van der Waals surface area contributed by atoms with Gasteiger partial charge in [0.1, 0.15) is 0 Å². The molecule has 1 N–H and O–H groups in total. The lowest BCUT2D eigenvalue weighted by Gasteiger charge is -2.06. The number of anilines is 1. The van der Waals surface area contributed by atoms with Crippen LogP contribution in [0.15, 0.2) is 29.6 Å². The van der Waals surface area contributed by atoms with Crippen molar-refractivity contribution in [2.75, 3.05) is 11.9 Å². The van der Waals surface area contributed by atoms with Crippen LogP contribution in [0.2, 0.25) is 0 Å². The number of nitrogens with one attached hydrogen (secondary N) is 1. The highest BCUT2D eigenvalue weighted by Gasteiger charge is 2.12. The zero-order valence-electron chi connectivity index (χ0n) is 11.2. The predicted octanol–water partition coefficient (Wildman–Crippen LogP) is 2.88. The Bertz CT molecular complexity index is 620. The number of carbonyl (C=O) groups excluding carboxylic acids is 2. The van der Waals surface area contributed by atoms with Gasteiger partial charge in [0.2, 0.25) is 0 Å². The topological polar surface area (TPSA) is 68.3 Å². The Labute approximate surface area is 120 Å². The van der Waals surface area contributed by atoms with E-state index in [2.05, 4.69) is 9.69 Å². The number of ether oxygens (including phenoxy) is 1. The third-order valence-electron chi connectivity index (χ3n) is 2.65. The number of benzene rings is 1. The average molecular weight is 290 g/mol. The minimum atomic E-state index is -0.372. The molecule has 2 aromatic rings. The average Bonchev–Trinajstić information content (AvgIpc) is 2.86. The maximum Gasteiger partial charge on any atom is 0.338 e. The second-order valence-electron chi connectivity index (χ2n) is 4.07. The van der Waals surface area contributed by atoms with Crippen LogP contribution in [0.5, 0.6) is 0 Å². The van der Waals surface area contributed by atoms with Gasteiger partial charge in [-0.1, -0.05) is 0 Å². The highest BCUT2D eigenvalue weighted by Crippen LogP contribution is 2.14. The molecule has 1 amide bonds. The Morgan fingerprint density at radius 3 is 2.55 bits per heavy atom. The molecular weight excluding hydrogens is 276 g/mol. The zero-order valence-corrected chi connectivity index (χ0v) is 12.0. The smallest absolute Gasteiger partial charge is 0.338 e. The van der Waals surface area contributed by atoms with Crippen molar-refractivity contribution < 1.29 is 14.3 Å². The highest BCUT2D eigenvalue weighted by atomic mass is 32.1. The van der Waals surface area contributed by atoms with Crippen molar-refractivity contribution in [1.29, 1.82) is 0 Å². The molecule has 0 bridgehead atoms. The molecule has 0 saturated heterocycles. The molecule has 0 atom stereocenters. The van der Waals surface area contributed by atoms with Crippen molar-refractivity contribution >= 4 is 29.1 Å². The lowest BCUT2D eigenvalue weighted by Crippen LogP contribution is -2.12. The number of rotatable bonds is 4. The van der Waals surface area contributed by atoms with Gasteiger partial charge in [-0.3, -0.25) is 4.79 Å². The maximum atomic E-state index is 12.0. The number of nitrogens with zero attached hydrogens (tertiary/aromatic N) is 1. The molecule has 2 rings (SSSR count). The van der Waals surface area contributed by atoms with Crippen LogP contribution in [0.1, 0.15) is 33.3 Å². The molecule has 6 heteroatoms. The van der Waals surface area contributed by atoms with Gasteiger partial charge in [-0.05, 0) is 49.6 Å². The third-order valence-corrected chi connectivity index (χ3v) is 3.37. The standard InChI is InChI=1S/C14H14N2O3S/c1-3-19-14(18)10-4-6-11(7-5-10)15-13(17)12-8-20-16-9(12)2/h4-8H,3H2,1-2H3,(H,15,17). The van der Waals surface area contributed by atoms with Gasteiger partial charge in [-0.25, -0.2) is 4.79 Å². The van der Waals surface area contributed by atoms with E-state index >= 15 is 0 Å². The fraction of sp³-hybridized carbons (Fsp3) is 0.214. The van der Waals surface area contributed by atoms with Crippen LogP contribution in [0.4, 0.5) is 5.69 Å². The van der Waals surface area contributed by atoms with Crippen LogP contribution in [-0.4, -0.2) is 22.9 Å². The molecule has 0 aliphatic carbocycles. The van der Waals surface area contributed by atoms with E-state index in [1.807, 2.05) is 0 Å². The Hall–Kier alpha value is -2.21. The molecule has 104 valence electrons. The predicted molar refractivity (Wildman–Crippen MR) is 77.2 cm³/mol. The van der Waals surface area contributed by atoms with Crippen LogP contribution >= 0.6 is 11.5 Å². The van der Waals surface area contributed by atoms with E-state index in [1.165, 1.54) is 11.5 Å². The Morgan fingerprint density at radius 1 is 1.30 bits per heavy atom. The van der Waals surface area contributed by atoms with Crippen molar-refractivity contribution in [3.05, 3.63) is 46.5 Å². The van der Waals surface area contributed by atoms with Gasteiger partial charge in [-0.2, -0.15) is 4.37 Å². The first-order valence-electron chi connectivity index (χ1n) is 6.11. The van der Waals surface area contributed by atoms with Gasteiger partial charge < -0.3 is 10.1 Å². The zero-order chi connectivity index (χ0) is 14.5. The largest absolute Gasteiger partial charge is 0.462 e. The highest BCUT2D eigenvalue weighted by molar-refractivity contribution is 7.04. The van der Waals surface area contributed by atoms with Gasteiger partial charge in [-0.15, -0.1) is 0 Å². The van der Waals surface area contributed by atoms with Crippen LogP contribution in [0.25, 0.3) is 0 Å². The first-order chi connectivity index (χ1) is 9.61. The van der Waals surface area contributed by atoms with Crippen LogP contribution < -0.4 is 5.32 Å². The first kappa shape index (κ1) is 14.2. The van der Waals surface area contributed by atoms with Crippen LogP contribution in [0, 0.1) is 6.92 Å². The quantitative estimate of drug-likeness (QED) is 0.879. The van der Waals surface area contributed by atoms with Crippen LogP contribution in [-0.2, 0) is 4.74 Å². The molecule has 1 aromatic carbocycles. The molecule has 0 unspecified atom stereocenters. The monoisotopic (exact) mass is 290 g/mol. The summed E-state index contributed by atoms with van der Waals surface area (Å²) in [6.07, 6.45) is 0. The van der Waals surface area contributed by atoms with E-state index in [0.29, 0.717) is 29.1 Å². The van der Waals surface area contributed by atoms with E-state index in [1.54, 1.807) is 43.5 Å². The van der Waals surface area contributed by atoms with Crippen LogP contribution in [0.3, 0.4) is 0 Å². The lowest BCUT2D eigenvalue weighted by atomic mass is 10.2. The molecule has 0 radical (unpaired) electrons. The number of carbonyl (C=O) groups is 2. The second kappa shape index (κ2) is 6.29. The SMILES string of the molecule is CCOC(=O)c1ccc(NC(=O)c2csnc2C)cc1.